The zero-order chi connectivity index (χ0) is 19.1. The molecule has 28 heavy (non-hydrogen) atoms. The predicted octanol–water partition coefficient (Wildman–Crippen LogP) is 3.40. The third-order valence-corrected chi connectivity index (χ3v) is 5.06. The van der Waals surface area contributed by atoms with E-state index >= 15 is 0 Å². The van der Waals surface area contributed by atoms with E-state index < -0.39 is 0 Å². The zero-order valence-corrected chi connectivity index (χ0v) is 18.8. The van der Waals surface area contributed by atoms with Gasteiger partial charge in [0.25, 0.3) is 0 Å². The number of hydrogen-bond donors (Lipinski definition) is 2. The minimum absolute atomic E-state index is 0. The molecule has 1 aliphatic heterocycles. The van der Waals surface area contributed by atoms with Gasteiger partial charge in [0.05, 0.1) is 7.11 Å². The number of likely N-dealkylation sites (tertiary alicyclic amines) is 1. The largest absolute Gasteiger partial charge is 0.453 e. The number of benzene rings is 2. The average Bonchev–Trinajstić information content (AvgIpc) is 2.73. The van der Waals surface area contributed by atoms with Gasteiger partial charge in [0, 0.05) is 32.7 Å². The number of halogens is 1. The molecule has 1 heterocycles. The molecule has 2 N–H and O–H groups in total. The number of aliphatic imine (C=N–C) groups is 1. The SMILES string of the molecule is CN=C(NCCc1cccc2ccccc12)NC1CCN(C(=O)OC)CC1.I. The quantitative estimate of drug-likeness (QED) is 0.387. The smallest absolute Gasteiger partial charge is 0.409 e. The highest BCUT2D eigenvalue weighted by Gasteiger charge is 2.23. The van der Waals surface area contributed by atoms with Crippen molar-refractivity contribution in [3.63, 3.8) is 0 Å². The Balaban J connectivity index is 0.00000280. The van der Waals surface area contributed by atoms with Crippen LogP contribution in [-0.4, -0.2) is 56.8 Å². The Morgan fingerprint density at radius 3 is 2.61 bits per heavy atom. The van der Waals surface area contributed by atoms with E-state index in [1.165, 1.54) is 23.4 Å². The molecule has 0 unspecified atom stereocenters. The minimum atomic E-state index is -0.244. The van der Waals surface area contributed by atoms with Crippen molar-refractivity contribution in [1.29, 1.82) is 0 Å². The standard InChI is InChI=1S/C21H28N4O2.HI/c1-22-20(24-18-11-14-25(15-12-18)21(26)27-2)23-13-10-17-8-5-7-16-6-3-4-9-19(16)17;/h3-9,18H,10-15H2,1-2H3,(H2,22,23,24);1H. The lowest BCUT2D eigenvalue weighted by atomic mass is 10.0. The topological polar surface area (TPSA) is 66.0 Å². The lowest BCUT2D eigenvalue weighted by molar-refractivity contribution is 0.111. The van der Waals surface area contributed by atoms with Crippen LogP contribution in [-0.2, 0) is 11.2 Å². The molecule has 0 atom stereocenters. The molecule has 1 aliphatic rings. The van der Waals surface area contributed by atoms with E-state index in [2.05, 4.69) is 58.1 Å². The van der Waals surface area contributed by atoms with E-state index in [1.54, 1.807) is 11.9 Å². The molecule has 0 radical (unpaired) electrons. The van der Waals surface area contributed by atoms with Gasteiger partial charge in [0.1, 0.15) is 0 Å². The van der Waals surface area contributed by atoms with Crippen molar-refractivity contribution in [3.05, 3.63) is 48.0 Å². The van der Waals surface area contributed by atoms with Crippen molar-refractivity contribution < 1.29 is 9.53 Å². The number of carbonyl (C=O) groups is 1. The van der Waals surface area contributed by atoms with Gasteiger partial charge in [-0.25, -0.2) is 4.79 Å². The van der Waals surface area contributed by atoms with Gasteiger partial charge >= 0.3 is 6.09 Å². The summed E-state index contributed by atoms with van der Waals surface area (Å²) in [7, 11) is 3.21. The minimum Gasteiger partial charge on any atom is -0.453 e. The van der Waals surface area contributed by atoms with Gasteiger partial charge in [0.2, 0.25) is 0 Å². The summed E-state index contributed by atoms with van der Waals surface area (Å²) in [4.78, 5) is 17.6. The number of rotatable bonds is 4. The third kappa shape index (κ3) is 5.73. The molecule has 3 rings (SSSR count). The number of guanidine groups is 1. The van der Waals surface area contributed by atoms with Crippen LogP contribution in [0.1, 0.15) is 18.4 Å². The lowest BCUT2D eigenvalue weighted by Crippen LogP contribution is -2.50. The van der Waals surface area contributed by atoms with Gasteiger partial charge in [-0.3, -0.25) is 4.99 Å². The summed E-state index contributed by atoms with van der Waals surface area (Å²) in [5, 5.41) is 9.45. The molecule has 0 aliphatic carbocycles. The maximum Gasteiger partial charge on any atom is 0.409 e. The molecule has 0 aromatic heterocycles. The molecular formula is C21H29IN4O2. The van der Waals surface area contributed by atoms with Crippen LogP contribution in [0.5, 0.6) is 0 Å². The van der Waals surface area contributed by atoms with Crippen molar-refractivity contribution >= 4 is 46.8 Å². The van der Waals surface area contributed by atoms with Crippen molar-refractivity contribution in [2.45, 2.75) is 25.3 Å². The van der Waals surface area contributed by atoms with E-state index in [1.807, 2.05) is 0 Å². The lowest BCUT2D eigenvalue weighted by Gasteiger charge is -2.32. The fraction of sp³-hybridized carbons (Fsp3) is 0.429. The van der Waals surface area contributed by atoms with Crippen molar-refractivity contribution in [2.24, 2.45) is 4.99 Å². The van der Waals surface area contributed by atoms with Crippen LogP contribution < -0.4 is 10.6 Å². The normalized spacial score (nSPS) is 15.1. The van der Waals surface area contributed by atoms with Crippen LogP contribution in [0.25, 0.3) is 10.8 Å². The number of nitrogens with zero attached hydrogens (tertiary/aromatic N) is 2. The van der Waals surface area contributed by atoms with Crippen LogP contribution >= 0.6 is 24.0 Å². The number of fused-ring (bicyclic) bond motifs is 1. The first-order chi connectivity index (χ1) is 13.2. The van der Waals surface area contributed by atoms with E-state index in [0.29, 0.717) is 19.1 Å². The molecule has 1 saturated heterocycles. The average molecular weight is 496 g/mol. The van der Waals surface area contributed by atoms with Crippen LogP contribution in [0, 0.1) is 0 Å². The Morgan fingerprint density at radius 2 is 1.89 bits per heavy atom. The van der Waals surface area contributed by atoms with E-state index in [-0.39, 0.29) is 30.1 Å². The van der Waals surface area contributed by atoms with Crippen LogP contribution in [0.15, 0.2) is 47.5 Å². The number of methoxy groups -OCH3 is 1. The molecule has 7 heteroatoms. The molecule has 2 aromatic rings. The Morgan fingerprint density at radius 1 is 1.18 bits per heavy atom. The van der Waals surface area contributed by atoms with Gasteiger partial charge in [-0.05, 0) is 35.6 Å². The fourth-order valence-electron chi connectivity index (χ4n) is 3.55. The number of amides is 1. The van der Waals surface area contributed by atoms with E-state index in [9.17, 15) is 4.79 Å². The highest BCUT2D eigenvalue weighted by Crippen LogP contribution is 2.18. The molecule has 0 bridgehead atoms. The first-order valence-corrected chi connectivity index (χ1v) is 9.48. The Labute approximate surface area is 183 Å². The Hall–Kier alpha value is -2.03. The summed E-state index contributed by atoms with van der Waals surface area (Å²) in [5.41, 5.74) is 1.34. The maximum atomic E-state index is 11.6. The van der Waals surface area contributed by atoms with E-state index in [0.717, 1.165) is 31.8 Å². The third-order valence-electron chi connectivity index (χ3n) is 5.06. The molecule has 0 saturated carbocycles. The van der Waals surface area contributed by atoms with Crippen LogP contribution in [0.4, 0.5) is 4.79 Å². The number of ether oxygens (including phenoxy) is 1. The van der Waals surface area contributed by atoms with Gasteiger partial charge in [-0.15, -0.1) is 24.0 Å². The molecule has 2 aromatic carbocycles. The first kappa shape index (κ1) is 22.3. The second kappa shape index (κ2) is 11.1. The summed E-state index contributed by atoms with van der Waals surface area (Å²) in [5.74, 6) is 0.812. The molecule has 0 spiro atoms. The summed E-state index contributed by atoms with van der Waals surface area (Å²) in [6, 6.07) is 15.2. The Kier molecular flexibility index (Phi) is 8.82. The van der Waals surface area contributed by atoms with Crippen molar-refractivity contribution in [1.82, 2.24) is 15.5 Å². The van der Waals surface area contributed by atoms with Gasteiger partial charge in [0.15, 0.2) is 5.96 Å². The van der Waals surface area contributed by atoms with Gasteiger partial charge in [-0.2, -0.15) is 0 Å². The summed E-state index contributed by atoms with van der Waals surface area (Å²) < 4.78 is 4.78. The molecule has 1 fully saturated rings. The Bertz CT molecular complexity index is 799. The highest BCUT2D eigenvalue weighted by atomic mass is 127. The predicted molar refractivity (Wildman–Crippen MR) is 125 cm³/mol. The summed E-state index contributed by atoms with van der Waals surface area (Å²) >= 11 is 0. The molecule has 6 nitrogen and oxygen atoms in total. The molecule has 1 amide bonds. The zero-order valence-electron chi connectivity index (χ0n) is 16.5. The summed E-state index contributed by atoms with van der Waals surface area (Å²) in [6.45, 7) is 2.23. The number of hydrogen-bond acceptors (Lipinski definition) is 3. The monoisotopic (exact) mass is 496 g/mol. The second-order valence-electron chi connectivity index (χ2n) is 6.76. The molecule has 152 valence electrons. The van der Waals surface area contributed by atoms with Crippen molar-refractivity contribution in [3.8, 4) is 0 Å². The van der Waals surface area contributed by atoms with E-state index in [4.69, 9.17) is 4.74 Å². The van der Waals surface area contributed by atoms with Crippen molar-refractivity contribution in [2.75, 3.05) is 33.8 Å². The van der Waals surface area contributed by atoms with Gasteiger partial charge < -0.3 is 20.3 Å². The molecular weight excluding hydrogens is 467 g/mol. The number of nitrogens with one attached hydrogen (secondary N) is 2. The fourth-order valence-corrected chi connectivity index (χ4v) is 3.55. The summed E-state index contributed by atoms with van der Waals surface area (Å²) in [6.07, 6.45) is 2.47. The first-order valence-electron chi connectivity index (χ1n) is 9.48. The highest BCUT2D eigenvalue weighted by molar-refractivity contribution is 14.0. The second-order valence-corrected chi connectivity index (χ2v) is 6.76. The van der Waals surface area contributed by atoms with Gasteiger partial charge in [-0.1, -0.05) is 42.5 Å². The number of piperidine rings is 1. The van der Waals surface area contributed by atoms with Crippen LogP contribution in [0.2, 0.25) is 0 Å². The maximum absolute atomic E-state index is 11.6. The number of carbonyl (C=O) groups excluding carboxylic acids is 1. The van der Waals surface area contributed by atoms with Crippen LogP contribution in [0.3, 0.4) is 0 Å².